The number of halogens is 3. The largest absolute Gasteiger partial charge is 0.491 e. The summed E-state index contributed by atoms with van der Waals surface area (Å²) in [6, 6.07) is 11.1. The highest BCUT2D eigenvalue weighted by atomic mass is 19.4. The van der Waals surface area contributed by atoms with E-state index in [4.69, 9.17) is 20.5 Å². The van der Waals surface area contributed by atoms with E-state index in [1.807, 2.05) is 32.0 Å². The number of alkyl halides is 3. The number of aromatic nitrogens is 3. The van der Waals surface area contributed by atoms with Crippen molar-refractivity contribution >= 4 is 16.9 Å². The molecule has 0 radical (unpaired) electrons. The van der Waals surface area contributed by atoms with E-state index in [-0.39, 0.29) is 23.0 Å². The molecule has 1 aliphatic rings. The summed E-state index contributed by atoms with van der Waals surface area (Å²) in [6.45, 7) is 4.77. The second-order valence-electron chi connectivity index (χ2n) is 7.75. The number of nitrogens with one attached hydrogen (secondary N) is 1. The molecule has 31 heavy (non-hydrogen) atoms. The summed E-state index contributed by atoms with van der Waals surface area (Å²) in [5.74, 6) is 0.980. The Bertz CT molecular complexity index is 1090. The number of hydrogen-bond acceptors (Lipinski definition) is 6. The van der Waals surface area contributed by atoms with Crippen LogP contribution in [0.25, 0.3) is 11.0 Å². The summed E-state index contributed by atoms with van der Waals surface area (Å²) < 4.78 is 48.1. The van der Waals surface area contributed by atoms with Crippen molar-refractivity contribution in [3.05, 3.63) is 47.9 Å². The number of fused-ring (bicyclic) bond motifs is 2. The first-order valence-corrected chi connectivity index (χ1v) is 9.49. The molecule has 0 spiro atoms. The second-order valence-corrected chi connectivity index (χ2v) is 7.75. The zero-order valence-corrected chi connectivity index (χ0v) is 17.0. The summed E-state index contributed by atoms with van der Waals surface area (Å²) in [6.07, 6.45) is -2.41. The molecule has 0 aliphatic carbocycles. The molecule has 0 amide bonds. The van der Waals surface area contributed by atoms with E-state index in [1.54, 1.807) is 0 Å². The average Bonchev–Trinajstić information content (AvgIpc) is 3.19. The van der Waals surface area contributed by atoms with Crippen LogP contribution in [-0.4, -0.2) is 34.3 Å². The van der Waals surface area contributed by atoms with Gasteiger partial charge in [0.15, 0.2) is 0 Å². The molecule has 0 saturated heterocycles. The first kappa shape index (κ1) is 22.4. The highest BCUT2D eigenvalue weighted by Gasteiger charge is 2.33. The molecular formula is C21H22F3N5O2. The molecule has 10 heteroatoms. The fourth-order valence-corrected chi connectivity index (χ4v) is 2.88. The lowest BCUT2D eigenvalue weighted by atomic mass is 9.97. The molecular weight excluding hydrogens is 411 g/mol. The van der Waals surface area contributed by atoms with E-state index in [1.165, 1.54) is 5.56 Å². The molecule has 164 valence electrons. The minimum atomic E-state index is -4.42. The predicted molar refractivity (Wildman–Crippen MR) is 108 cm³/mol. The lowest BCUT2D eigenvalue weighted by molar-refractivity contribution is -0.140. The van der Waals surface area contributed by atoms with E-state index in [9.17, 15) is 13.2 Å². The minimum Gasteiger partial charge on any atom is -0.491 e. The SMILES string of the molecule is CC(C)(C#N)COC1COc2ccccc2C1.Nc1ncnc2[nH]c(C(F)(F)F)cc12. The zero-order chi connectivity index (χ0) is 22.6. The van der Waals surface area contributed by atoms with E-state index >= 15 is 0 Å². The third kappa shape index (κ3) is 5.64. The molecule has 1 atom stereocenters. The van der Waals surface area contributed by atoms with Gasteiger partial charge in [-0.05, 0) is 31.5 Å². The van der Waals surface area contributed by atoms with Gasteiger partial charge in [0.1, 0.15) is 35.8 Å². The molecule has 3 N–H and O–H groups in total. The highest BCUT2D eigenvalue weighted by molar-refractivity contribution is 5.86. The van der Waals surface area contributed by atoms with E-state index in [2.05, 4.69) is 27.1 Å². The van der Waals surface area contributed by atoms with Crippen molar-refractivity contribution in [2.24, 2.45) is 5.41 Å². The normalized spacial score (nSPS) is 15.9. The fourth-order valence-electron chi connectivity index (χ4n) is 2.88. The standard InChI is InChI=1S/C14H17NO2.C7H5F3N4/c1-14(2,9-15)10-17-12-7-11-5-3-4-6-13(11)16-8-12;8-7(9,10)4-1-3-5(11)12-2-13-6(3)14-4/h3-6,12H,7-8,10H2,1-2H3;1-2H,(H3,11,12,13,14). The molecule has 0 bridgehead atoms. The molecule has 2 aromatic heterocycles. The maximum absolute atomic E-state index is 12.2. The van der Waals surface area contributed by atoms with Crippen LogP contribution in [-0.2, 0) is 17.3 Å². The van der Waals surface area contributed by atoms with Gasteiger partial charge in [0, 0.05) is 6.42 Å². The van der Waals surface area contributed by atoms with Crippen LogP contribution < -0.4 is 10.5 Å². The van der Waals surface area contributed by atoms with Crippen LogP contribution in [0.5, 0.6) is 5.75 Å². The number of hydrogen-bond donors (Lipinski definition) is 2. The van der Waals surface area contributed by atoms with Crippen LogP contribution in [0, 0.1) is 16.7 Å². The number of nitrogens with two attached hydrogens (primary N) is 1. The average molecular weight is 433 g/mol. The minimum absolute atomic E-state index is 0.0294. The Hall–Kier alpha value is -3.32. The van der Waals surface area contributed by atoms with Crippen LogP contribution in [0.3, 0.4) is 0 Å². The predicted octanol–water partition coefficient (Wildman–Crippen LogP) is 4.12. The monoisotopic (exact) mass is 433 g/mol. The summed E-state index contributed by atoms with van der Waals surface area (Å²) in [7, 11) is 0. The molecule has 7 nitrogen and oxygen atoms in total. The molecule has 0 fully saturated rings. The van der Waals surface area contributed by atoms with Crippen LogP contribution in [0.15, 0.2) is 36.7 Å². The van der Waals surface area contributed by atoms with Gasteiger partial charge in [-0.2, -0.15) is 18.4 Å². The smallest absolute Gasteiger partial charge is 0.431 e. The van der Waals surface area contributed by atoms with Crippen LogP contribution in [0.1, 0.15) is 25.1 Å². The Morgan fingerprint density at radius 2 is 2.03 bits per heavy atom. The number of aromatic amines is 1. The first-order valence-electron chi connectivity index (χ1n) is 9.49. The van der Waals surface area contributed by atoms with Gasteiger partial charge < -0.3 is 20.2 Å². The number of nitrogen functional groups attached to an aromatic ring is 1. The Balaban J connectivity index is 0.000000179. The number of H-pyrrole nitrogens is 1. The molecule has 4 rings (SSSR count). The Labute approximate surface area is 177 Å². The van der Waals surface area contributed by atoms with E-state index in [0.717, 1.165) is 24.6 Å². The topological polar surface area (TPSA) is 110 Å². The highest BCUT2D eigenvalue weighted by Crippen LogP contribution is 2.31. The Kier molecular flexibility index (Phi) is 6.36. The van der Waals surface area contributed by atoms with Crippen LogP contribution in [0.4, 0.5) is 19.0 Å². The molecule has 3 heterocycles. The lowest BCUT2D eigenvalue weighted by Crippen LogP contribution is -2.32. The van der Waals surface area contributed by atoms with Crippen molar-refractivity contribution in [2.45, 2.75) is 32.5 Å². The van der Waals surface area contributed by atoms with Gasteiger partial charge in [-0.25, -0.2) is 9.97 Å². The van der Waals surface area contributed by atoms with Gasteiger partial charge >= 0.3 is 6.18 Å². The van der Waals surface area contributed by atoms with Crippen LogP contribution in [0.2, 0.25) is 0 Å². The van der Waals surface area contributed by atoms with Crippen LogP contribution >= 0.6 is 0 Å². The van der Waals surface area contributed by atoms with E-state index in [0.29, 0.717) is 13.2 Å². The number of anilines is 1. The second kappa shape index (κ2) is 8.81. The third-order valence-corrected chi connectivity index (χ3v) is 4.59. The number of nitriles is 1. The van der Waals surface area contributed by atoms with Crippen molar-refractivity contribution in [1.82, 2.24) is 15.0 Å². The molecule has 1 unspecified atom stereocenters. The number of benzene rings is 1. The molecule has 1 aliphatic heterocycles. The van der Waals surface area contributed by atoms with Gasteiger partial charge in [0.05, 0.1) is 29.6 Å². The molecule has 0 saturated carbocycles. The lowest BCUT2D eigenvalue weighted by Gasteiger charge is -2.27. The van der Waals surface area contributed by atoms with Crippen molar-refractivity contribution in [3.63, 3.8) is 0 Å². The van der Waals surface area contributed by atoms with Gasteiger partial charge in [-0.3, -0.25) is 0 Å². The fraction of sp³-hybridized carbons (Fsp3) is 0.381. The van der Waals surface area contributed by atoms with Crippen molar-refractivity contribution in [3.8, 4) is 11.8 Å². The van der Waals surface area contributed by atoms with Gasteiger partial charge in [0.2, 0.25) is 0 Å². The summed E-state index contributed by atoms with van der Waals surface area (Å²) in [5.41, 5.74) is 5.33. The van der Waals surface area contributed by atoms with E-state index < -0.39 is 17.3 Å². The maximum atomic E-state index is 12.2. The summed E-state index contributed by atoms with van der Waals surface area (Å²) in [5, 5.41) is 9.10. The Morgan fingerprint density at radius 3 is 2.71 bits per heavy atom. The summed E-state index contributed by atoms with van der Waals surface area (Å²) >= 11 is 0. The van der Waals surface area contributed by atoms with Crippen molar-refractivity contribution in [2.75, 3.05) is 18.9 Å². The number of para-hydroxylation sites is 1. The number of rotatable bonds is 3. The number of nitrogens with zero attached hydrogens (tertiary/aromatic N) is 3. The molecule has 1 aromatic carbocycles. The molecule has 3 aromatic rings. The maximum Gasteiger partial charge on any atom is 0.431 e. The summed E-state index contributed by atoms with van der Waals surface area (Å²) in [4.78, 5) is 9.33. The van der Waals surface area contributed by atoms with Crippen molar-refractivity contribution in [1.29, 1.82) is 5.26 Å². The zero-order valence-electron chi connectivity index (χ0n) is 17.0. The first-order chi connectivity index (χ1) is 14.6. The van der Waals surface area contributed by atoms with Crippen molar-refractivity contribution < 1.29 is 22.6 Å². The number of ether oxygens (including phenoxy) is 2. The Morgan fingerprint density at radius 1 is 1.29 bits per heavy atom. The quantitative estimate of drug-likeness (QED) is 0.643. The van der Waals surface area contributed by atoms with Gasteiger partial charge in [-0.15, -0.1) is 0 Å². The van der Waals surface area contributed by atoms with Gasteiger partial charge in [0.25, 0.3) is 0 Å². The van der Waals surface area contributed by atoms with Gasteiger partial charge in [-0.1, -0.05) is 18.2 Å². The third-order valence-electron chi connectivity index (χ3n) is 4.59.